The topological polar surface area (TPSA) is 113 Å². The molecule has 2 rings (SSSR count). The molecule has 1 aromatic carbocycles. The molecule has 0 spiro atoms. The van der Waals surface area contributed by atoms with Crippen LogP contribution in [-0.4, -0.2) is 39.7 Å². The highest BCUT2D eigenvalue weighted by Gasteiger charge is 2.17. The number of carboxylic acid groups (broad SMARTS) is 1. The first-order valence-electron chi connectivity index (χ1n) is 5.78. The smallest absolute Gasteiger partial charge is 0.328 e. The van der Waals surface area contributed by atoms with Gasteiger partial charge in [0, 0.05) is 12.2 Å². The van der Waals surface area contributed by atoms with E-state index in [1.54, 1.807) is 18.2 Å². The number of rotatable bonds is 5. The molecule has 0 saturated carbocycles. The Morgan fingerprint density at radius 2 is 2.15 bits per heavy atom. The quantitative estimate of drug-likeness (QED) is 0.681. The Morgan fingerprint density at radius 1 is 1.40 bits per heavy atom. The normalized spacial score (nSPS) is 12.7. The Hall–Kier alpha value is -2.67. The maximum absolute atomic E-state index is 11.5. The van der Waals surface area contributed by atoms with Gasteiger partial charge in [0.1, 0.15) is 5.52 Å². The SMILES string of the molecule is O=C(/C=C/c1nc2ccccc2o1)N[C@H](CO)C(=O)O. The van der Waals surface area contributed by atoms with Crippen molar-refractivity contribution in [3.63, 3.8) is 0 Å². The number of fused-ring (bicyclic) bond motifs is 1. The summed E-state index contributed by atoms with van der Waals surface area (Å²) in [5.41, 5.74) is 1.25. The lowest BCUT2D eigenvalue weighted by Crippen LogP contribution is -2.42. The lowest BCUT2D eigenvalue weighted by molar-refractivity contribution is -0.142. The molecule has 7 heteroatoms. The zero-order valence-electron chi connectivity index (χ0n) is 10.3. The lowest BCUT2D eigenvalue weighted by Gasteiger charge is -2.08. The number of amides is 1. The maximum atomic E-state index is 11.5. The van der Waals surface area contributed by atoms with Gasteiger partial charge in [-0.3, -0.25) is 4.79 Å². The van der Waals surface area contributed by atoms with Crippen LogP contribution >= 0.6 is 0 Å². The fourth-order valence-electron chi connectivity index (χ4n) is 1.51. The number of carbonyl (C=O) groups excluding carboxylic acids is 1. The van der Waals surface area contributed by atoms with Crippen LogP contribution in [0.5, 0.6) is 0 Å². The molecule has 0 radical (unpaired) electrons. The molecule has 2 aromatic rings. The molecular weight excluding hydrogens is 264 g/mol. The molecular formula is C13H12N2O5. The fourth-order valence-corrected chi connectivity index (χ4v) is 1.51. The maximum Gasteiger partial charge on any atom is 0.328 e. The number of hydrogen-bond donors (Lipinski definition) is 3. The van der Waals surface area contributed by atoms with Crippen LogP contribution in [0.15, 0.2) is 34.8 Å². The second-order valence-electron chi connectivity index (χ2n) is 3.94. The number of aromatic nitrogens is 1. The number of oxazole rings is 1. The standard InChI is InChI=1S/C13H12N2O5/c16-7-9(13(18)19)14-11(17)5-6-12-15-8-3-1-2-4-10(8)20-12/h1-6,9,16H,7H2,(H,14,17)(H,18,19)/b6-5+/t9-/m1/s1. The first kappa shape index (κ1) is 13.8. The van der Waals surface area contributed by atoms with E-state index in [1.165, 1.54) is 6.08 Å². The largest absolute Gasteiger partial charge is 0.480 e. The third-order valence-corrected chi connectivity index (χ3v) is 2.48. The zero-order chi connectivity index (χ0) is 14.5. The monoisotopic (exact) mass is 276 g/mol. The Kier molecular flexibility index (Phi) is 4.11. The van der Waals surface area contributed by atoms with Crippen molar-refractivity contribution in [1.29, 1.82) is 0 Å². The van der Waals surface area contributed by atoms with Crippen molar-refractivity contribution in [1.82, 2.24) is 10.3 Å². The number of aliphatic hydroxyl groups excluding tert-OH is 1. The highest BCUT2D eigenvalue weighted by atomic mass is 16.4. The summed E-state index contributed by atoms with van der Waals surface area (Å²) in [6.07, 6.45) is 2.42. The summed E-state index contributed by atoms with van der Waals surface area (Å²) in [5, 5.41) is 19.6. The van der Waals surface area contributed by atoms with Gasteiger partial charge in [0.25, 0.3) is 0 Å². The number of hydrogen-bond acceptors (Lipinski definition) is 5. The fraction of sp³-hybridized carbons (Fsp3) is 0.154. The molecule has 1 amide bonds. The van der Waals surface area contributed by atoms with E-state index in [1.807, 2.05) is 6.07 Å². The summed E-state index contributed by atoms with van der Waals surface area (Å²) < 4.78 is 5.35. The third-order valence-electron chi connectivity index (χ3n) is 2.48. The highest BCUT2D eigenvalue weighted by Crippen LogP contribution is 2.15. The molecule has 1 atom stereocenters. The minimum absolute atomic E-state index is 0.234. The molecule has 0 aliphatic rings. The number of nitrogens with zero attached hydrogens (tertiary/aromatic N) is 1. The second-order valence-corrected chi connectivity index (χ2v) is 3.94. The average molecular weight is 276 g/mol. The van der Waals surface area contributed by atoms with Gasteiger partial charge in [0.05, 0.1) is 6.61 Å². The summed E-state index contributed by atoms with van der Waals surface area (Å²) in [5.74, 6) is -1.73. The van der Waals surface area contributed by atoms with E-state index >= 15 is 0 Å². The molecule has 0 fully saturated rings. The van der Waals surface area contributed by atoms with E-state index in [0.29, 0.717) is 11.1 Å². The van der Waals surface area contributed by atoms with E-state index in [4.69, 9.17) is 14.6 Å². The number of aliphatic carboxylic acids is 1. The van der Waals surface area contributed by atoms with Gasteiger partial charge in [-0.05, 0) is 12.1 Å². The van der Waals surface area contributed by atoms with Crippen molar-refractivity contribution in [3.8, 4) is 0 Å². The van der Waals surface area contributed by atoms with Crippen LogP contribution < -0.4 is 5.32 Å². The molecule has 0 aliphatic heterocycles. The molecule has 0 unspecified atom stereocenters. The van der Waals surface area contributed by atoms with Crippen molar-refractivity contribution in [2.45, 2.75) is 6.04 Å². The number of para-hydroxylation sites is 2. The number of aliphatic hydroxyl groups is 1. The van der Waals surface area contributed by atoms with Crippen LogP contribution in [0.25, 0.3) is 17.2 Å². The minimum Gasteiger partial charge on any atom is -0.480 e. The van der Waals surface area contributed by atoms with Gasteiger partial charge in [0.15, 0.2) is 11.6 Å². The van der Waals surface area contributed by atoms with Crippen LogP contribution in [0.3, 0.4) is 0 Å². The van der Waals surface area contributed by atoms with Crippen LogP contribution in [0, 0.1) is 0 Å². The molecule has 20 heavy (non-hydrogen) atoms. The molecule has 0 saturated heterocycles. The van der Waals surface area contributed by atoms with Crippen LogP contribution in [0.2, 0.25) is 0 Å². The van der Waals surface area contributed by atoms with Crippen molar-refractivity contribution >= 4 is 29.1 Å². The van der Waals surface area contributed by atoms with Gasteiger partial charge in [-0.15, -0.1) is 0 Å². The van der Waals surface area contributed by atoms with E-state index in [9.17, 15) is 9.59 Å². The first-order chi connectivity index (χ1) is 9.60. The van der Waals surface area contributed by atoms with Crippen LogP contribution in [0.4, 0.5) is 0 Å². The van der Waals surface area contributed by atoms with Gasteiger partial charge in [0.2, 0.25) is 11.8 Å². The number of carboxylic acids is 1. The predicted octanol–water partition coefficient (Wildman–Crippen LogP) is 0.403. The Bertz CT molecular complexity index is 629. The van der Waals surface area contributed by atoms with E-state index in [-0.39, 0.29) is 5.89 Å². The molecule has 1 aromatic heterocycles. The Morgan fingerprint density at radius 3 is 2.80 bits per heavy atom. The van der Waals surface area contributed by atoms with E-state index in [2.05, 4.69) is 10.3 Å². The number of carbonyl (C=O) groups is 2. The summed E-state index contributed by atoms with van der Waals surface area (Å²) in [4.78, 5) is 26.2. The molecule has 104 valence electrons. The number of benzene rings is 1. The molecule has 0 bridgehead atoms. The van der Waals surface area contributed by atoms with Crippen molar-refractivity contribution in [2.75, 3.05) is 6.61 Å². The molecule has 3 N–H and O–H groups in total. The Labute approximate surface area is 113 Å². The van der Waals surface area contributed by atoms with Gasteiger partial charge in [-0.1, -0.05) is 12.1 Å². The summed E-state index contributed by atoms with van der Waals surface area (Å²) >= 11 is 0. The van der Waals surface area contributed by atoms with Gasteiger partial charge in [-0.25, -0.2) is 9.78 Å². The van der Waals surface area contributed by atoms with E-state index in [0.717, 1.165) is 6.08 Å². The Balaban J connectivity index is 2.05. The van der Waals surface area contributed by atoms with Crippen molar-refractivity contribution in [3.05, 3.63) is 36.2 Å². The van der Waals surface area contributed by atoms with Crippen molar-refractivity contribution in [2.24, 2.45) is 0 Å². The lowest BCUT2D eigenvalue weighted by atomic mass is 10.3. The van der Waals surface area contributed by atoms with E-state index < -0.39 is 24.5 Å². The van der Waals surface area contributed by atoms with Crippen molar-refractivity contribution < 1.29 is 24.2 Å². The summed E-state index contributed by atoms with van der Waals surface area (Å²) in [6, 6.07) is 5.78. The van der Waals surface area contributed by atoms with Gasteiger partial charge < -0.3 is 19.9 Å². The van der Waals surface area contributed by atoms with Gasteiger partial charge in [-0.2, -0.15) is 0 Å². The average Bonchev–Trinajstić information content (AvgIpc) is 2.85. The minimum atomic E-state index is -1.34. The molecule has 0 aliphatic carbocycles. The van der Waals surface area contributed by atoms with Crippen LogP contribution in [-0.2, 0) is 9.59 Å². The third kappa shape index (κ3) is 3.21. The van der Waals surface area contributed by atoms with Crippen LogP contribution in [0.1, 0.15) is 5.89 Å². The predicted molar refractivity (Wildman–Crippen MR) is 69.7 cm³/mol. The number of nitrogens with one attached hydrogen (secondary N) is 1. The van der Waals surface area contributed by atoms with Gasteiger partial charge >= 0.3 is 5.97 Å². The summed E-state index contributed by atoms with van der Waals surface area (Å²) in [6.45, 7) is -0.683. The molecule has 7 nitrogen and oxygen atoms in total. The molecule has 1 heterocycles. The second kappa shape index (κ2) is 5.98. The summed E-state index contributed by atoms with van der Waals surface area (Å²) in [7, 11) is 0. The highest BCUT2D eigenvalue weighted by molar-refractivity contribution is 5.94. The first-order valence-corrected chi connectivity index (χ1v) is 5.78. The zero-order valence-corrected chi connectivity index (χ0v) is 10.3.